The summed E-state index contributed by atoms with van der Waals surface area (Å²) in [5, 5.41) is 0. The van der Waals surface area contributed by atoms with Crippen LogP contribution in [-0.4, -0.2) is 23.7 Å². The van der Waals surface area contributed by atoms with Crippen LogP contribution in [0.15, 0.2) is 75.8 Å². The van der Waals surface area contributed by atoms with Gasteiger partial charge in [0.15, 0.2) is 0 Å². The van der Waals surface area contributed by atoms with Crippen LogP contribution in [0.2, 0.25) is 0 Å². The maximum absolute atomic E-state index is 4.71. The number of rotatable bonds is 7. The lowest BCUT2D eigenvalue weighted by Gasteiger charge is -2.44. The Labute approximate surface area is 156 Å². The summed E-state index contributed by atoms with van der Waals surface area (Å²) in [6.45, 7) is 6.22. The molecule has 0 N–H and O–H groups in total. The van der Waals surface area contributed by atoms with Crippen LogP contribution in [0.5, 0.6) is 0 Å². The molecule has 0 spiro atoms. The number of hydrogen-bond donors (Lipinski definition) is 0. The first-order valence-corrected chi connectivity index (χ1v) is 10.1. The fraction of sp³-hybridized carbons (Fsp3) is 0.409. The molecule has 132 valence electrons. The summed E-state index contributed by atoms with van der Waals surface area (Å²) in [7, 11) is 0. The molecule has 0 aromatic heterocycles. The van der Waals surface area contributed by atoms with Gasteiger partial charge in [-0.1, -0.05) is 54.3 Å². The van der Waals surface area contributed by atoms with Crippen molar-refractivity contribution in [2.24, 2.45) is 16.8 Å². The second-order valence-corrected chi connectivity index (χ2v) is 7.90. The molecular formula is C22H28N2S. The molecule has 0 aromatic carbocycles. The van der Waals surface area contributed by atoms with Gasteiger partial charge in [0, 0.05) is 46.9 Å². The van der Waals surface area contributed by atoms with Crippen LogP contribution >= 0.6 is 11.8 Å². The quantitative estimate of drug-likeness (QED) is 0.534. The van der Waals surface area contributed by atoms with Crippen molar-refractivity contribution in [1.29, 1.82) is 0 Å². The molecule has 1 fully saturated rings. The number of fused-ring (bicyclic) bond motifs is 2. The molecule has 2 bridgehead atoms. The number of thioether (sulfide) groups is 1. The summed E-state index contributed by atoms with van der Waals surface area (Å²) in [6.07, 6.45) is 25.1. The first kappa shape index (κ1) is 18.1. The molecule has 3 rings (SSSR count). The van der Waals surface area contributed by atoms with Crippen LogP contribution in [0.1, 0.15) is 33.1 Å². The minimum Gasteiger partial charge on any atom is -0.352 e. The Morgan fingerprint density at radius 3 is 2.72 bits per heavy atom. The Balaban J connectivity index is 1.69. The molecule has 0 aromatic rings. The standard InChI is InChI=1S/C22H28N2S/c1-3-5-7-9-11-20-16-24(15-19(25-20)10-8-6-4-2)17-21-18-12-13-23-22(21)14-18/h3-10,15-16,18,21H,11-14,17H2,1-2H3/b5-3-,6-4-,9-7-,10-8-/t18?,21-/m0/s1. The van der Waals surface area contributed by atoms with Crippen molar-refractivity contribution >= 4 is 17.5 Å². The van der Waals surface area contributed by atoms with E-state index >= 15 is 0 Å². The zero-order valence-electron chi connectivity index (χ0n) is 15.3. The summed E-state index contributed by atoms with van der Waals surface area (Å²) in [5.74, 6) is 1.54. The molecule has 0 amide bonds. The van der Waals surface area contributed by atoms with E-state index < -0.39 is 0 Å². The molecule has 2 aliphatic heterocycles. The monoisotopic (exact) mass is 352 g/mol. The predicted octanol–water partition coefficient (Wildman–Crippen LogP) is 5.85. The normalized spacial score (nSPS) is 26.5. The van der Waals surface area contributed by atoms with Crippen LogP contribution in [0.25, 0.3) is 0 Å². The van der Waals surface area contributed by atoms with Crippen molar-refractivity contribution in [3.63, 3.8) is 0 Å². The smallest absolute Gasteiger partial charge is 0.0391 e. The maximum atomic E-state index is 4.71. The van der Waals surface area contributed by atoms with Crippen molar-refractivity contribution in [1.82, 2.24) is 4.90 Å². The van der Waals surface area contributed by atoms with Gasteiger partial charge < -0.3 is 4.90 Å². The van der Waals surface area contributed by atoms with Crippen LogP contribution in [0, 0.1) is 11.8 Å². The van der Waals surface area contributed by atoms with Crippen LogP contribution in [0.4, 0.5) is 0 Å². The Kier molecular flexibility index (Phi) is 6.57. The predicted molar refractivity (Wildman–Crippen MR) is 112 cm³/mol. The van der Waals surface area contributed by atoms with Gasteiger partial charge in [0.1, 0.15) is 0 Å². The second-order valence-electron chi connectivity index (χ2n) is 6.70. The van der Waals surface area contributed by atoms with Crippen molar-refractivity contribution in [3.8, 4) is 0 Å². The van der Waals surface area contributed by atoms with Crippen LogP contribution in [-0.2, 0) is 0 Å². The average Bonchev–Trinajstić information content (AvgIpc) is 2.64. The maximum Gasteiger partial charge on any atom is 0.0391 e. The van der Waals surface area contributed by atoms with Crippen LogP contribution in [0.3, 0.4) is 0 Å². The van der Waals surface area contributed by atoms with Gasteiger partial charge >= 0.3 is 0 Å². The average molecular weight is 353 g/mol. The molecule has 2 atom stereocenters. The zero-order valence-corrected chi connectivity index (χ0v) is 16.1. The fourth-order valence-corrected chi connectivity index (χ4v) is 4.52. The minimum absolute atomic E-state index is 0.671. The molecule has 1 saturated carbocycles. The zero-order chi connectivity index (χ0) is 17.5. The van der Waals surface area contributed by atoms with E-state index in [0.29, 0.717) is 5.92 Å². The highest BCUT2D eigenvalue weighted by Crippen LogP contribution is 2.40. The van der Waals surface area contributed by atoms with E-state index in [-0.39, 0.29) is 0 Å². The highest BCUT2D eigenvalue weighted by atomic mass is 32.2. The minimum atomic E-state index is 0.671. The van der Waals surface area contributed by atoms with Crippen molar-refractivity contribution in [3.05, 3.63) is 70.8 Å². The van der Waals surface area contributed by atoms with Crippen molar-refractivity contribution < 1.29 is 0 Å². The molecule has 25 heavy (non-hydrogen) atoms. The van der Waals surface area contributed by atoms with Gasteiger partial charge in [-0.15, -0.1) is 0 Å². The Bertz CT molecular complexity index is 676. The van der Waals surface area contributed by atoms with Gasteiger partial charge in [0.05, 0.1) is 0 Å². The third-order valence-electron chi connectivity index (χ3n) is 4.87. The van der Waals surface area contributed by atoms with Crippen LogP contribution < -0.4 is 0 Å². The molecule has 3 aliphatic rings. The van der Waals surface area contributed by atoms with E-state index in [4.69, 9.17) is 4.99 Å². The summed E-state index contributed by atoms with van der Waals surface area (Å²) in [5.41, 5.74) is 1.46. The summed E-state index contributed by atoms with van der Waals surface area (Å²) >= 11 is 1.87. The summed E-state index contributed by atoms with van der Waals surface area (Å²) < 4.78 is 0. The Morgan fingerprint density at radius 1 is 1.16 bits per heavy atom. The summed E-state index contributed by atoms with van der Waals surface area (Å²) in [4.78, 5) is 9.81. The number of nitrogens with zero attached hydrogens (tertiary/aromatic N) is 2. The van der Waals surface area contributed by atoms with E-state index in [1.165, 1.54) is 28.4 Å². The molecule has 2 nitrogen and oxygen atoms in total. The van der Waals surface area contributed by atoms with E-state index in [1.54, 1.807) is 0 Å². The number of hydrogen-bond acceptors (Lipinski definition) is 3. The first-order chi connectivity index (χ1) is 12.3. The molecule has 1 aliphatic carbocycles. The third kappa shape index (κ3) is 4.88. The lowest BCUT2D eigenvalue weighted by molar-refractivity contribution is 0.267. The molecular weight excluding hydrogens is 324 g/mol. The second kappa shape index (κ2) is 9.10. The Hall–Kier alpha value is -1.74. The highest BCUT2D eigenvalue weighted by Gasteiger charge is 2.40. The third-order valence-corrected chi connectivity index (χ3v) is 5.88. The van der Waals surface area contributed by atoms with Gasteiger partial charge in [-0.05, 0) is 45.1 Å². The number of allylic oxidation sites excluding steroid dienone is 9. The number of aliphatic imine (C=N–C) groups is 1. The van der Waals surface area contributed by atoms with Crippen molar-refractivity contribution in [2.75, 3.05) is 13.1 Å². The van der Waals surface area contributed by atoms with Gasteiger partial charge in [-0.2, -0.15) is 0 Å². The van der Waals surface area contributed by atoms with E-state index in [0.717, 1.165) is 25.4 Å². The highest BCUT2D eigenvalue weighted by molar-refractivity contribution is 8.06. The van der Waals surface area contributed by atoms with Gasteiger partial charge in [-0.25, -0.2) is 0 Å². The summed E-state index contributed by atoms with van der Waals surface area (Å²) in [6, 6.07) is 0. The molecule has 3 heteroatoms. The fourth-order valence-electron chi connectivity index (χ4n) is 3.52. The van der Waals surface area contributed by atoms with Gasteiger partial charge in [-0.3, -0.25) is 4.99 Å². The van der Waals surface area contributed by atoms with Crippen molar-refractivity contribution in [2.45, 2.75) is 33.1 Å². The SMILES string of the molecule is C/C=C\C=C/CC1=CN(C[C@@H]2C3=NCCC2C3)C=C(/C=C\C=C/C)S1. The largest absolute Gasteiger partial charge is 0.352 e. The lowest BCUT2D eigenvalue weighted by Crippen LogP contribution is -2.46. The molecule has 1 unspecified atom stereocenters. The Morgan fingerprint density at radius 2 is 2.00 bits per heavy atom. The van der Waals surface area contributed by atoms with E-state index in [2.05, 4.69) is 65.9 Å². The topological polar surface area (TPSA) is 15.6 Å². The molecule has 2 heterocycles. The van der Waals surface area contributed by atoms with Gasteiger partial charge in [0.25, 0.3) is 0 Å². The van der Waals surface area contributed by atoms with Gasteiger partial charge in [0.2, 0.25) is 0 Å². The van der Waals surface area contributed by atoms with E-state index in [1.807, 2.05) is 25.6 Å². The van der Waals surface area contributed by atoms with E-state index in [9.17, 15) is 0 Å². The molecule has 0 saturated heterocycles. The molecule has 0 radical (unpaired) electrons. The lowest BCUT2D eigenvalue weighted by atomic mass is 9.68. The first-order valence-electron chi connectivity index (χ1n) is 9.26.